The molecule has 4 nitrogen and oxygen atoms in total. The number of hydrogen-bond donors (Lipinski definition) is 0. The van der Waals surface area contributed by atoms with Crippen LogP contribution >= 0.6 is 0 Å². The Morgan fingerprint density at radius 1 is 0.760 bits per heavy atom. The number of benzene rings is 2. The molecule has 0 unspecified atom stereocenters. The van der Waals surface area contributed by atoms with Gasteiger partial charge in [0.05, 0.1) is 13.2 Å². The van der Waals surface area contributed by atoms with Gasteiger partial charge in [-0.2, -0.15) is 0 Å². The summed E-state index contributed by atoms with van der Waals surface area (Å²) in [5.41, 5.74) is 2.39. The molecule has 25 heavy (non-hydrogen) atoms. The molecule has 0 N–H and O–H groups in total. The summed E-state index contributed by atoms with van der Waals surface area (Å²) in [6.07, 6.45) is 2.04. The minimum absolute atomic E-state index is 0.129. The Hall–Kier alpha value is -2.62. The summed E-state index contributed by atoms with van der Waals surface area (Å²) in [5.74, 6) is -0.345. The Morgan fingerprint density at radius 3 is 1.60 bits per heavy atom. The Balaban J connectivity index is 0.000000251. The van der Waals surface area contributed by atoms with Gasteiger partial charge in [0.1, 0.15) is 0 Å². The van der Waals surface area contributed by atoms with E-state index in [4.69, 9.17) is 9.47 Å². The van der Waals surface area contributed by atoms with E-state index in [0.29, 0.717) is 19.6 Å². The van der Waals surface area contributed by atoms with Crippen LogP contribution in [0.2, 0.25) is 0 Å². The molecule has 0 spiro atoms. The van der Waals surface area contributed by atoms with Crippen LogP contribution in [0.3, 0.4) is 0 Å². The molecule has 2 aromatic rings. The highest BCUT2D eigenvalue weighted by Gasteiger charge is 1.97. The van der Waals surface area contributed by atoms with E-state index in [9.17, 15) is 9.59 Å². The third kappa shape index (κ3) is 10.7. The Labute approximate surface area is 149 Å². The van der Waals surface area contributed by atoms with Gasteiger partial charge in [0.15, 0.2) is 0 Å². The molecule has 134 valence electrons. The van der Waals surface area contributed by atoms with E-state index in [1.807, 2.05) is 60.7 Å². The van der Waals surface area contributed by atoms with Crippen molar-refractivity contribution in [3.63, 3.8) is 0 Å². The highest BCUT2D eigenvalue weighted by atomic mass is 16.5. The minimum atomic E-state index is -0.217. The lowest BCUT2D eigenvalue weighted by atomic mass is 10.2. The van der Waals surface area contributed by atoms with Gasteiger partial charge in [-0.1, -0.05) is 67.6 Å². The minimum Gasteiger partial charge on any atom is -0.466 e. The lowest BCUT2D eigenvalue weighted by Gasteiger charge is -2.02. The van der Waals surface area contributed by atoms with E-state index in [-0.39, 0.29) is 11.9 Å². The van der Waals surface area contributed by atoms with Gasteiger partial charge in [-0.25, -0.2) is 0 Å². The third-order valence-electron chi connectivity index (χ3n) is 3.32. The van der Waals surface area contributed by atoms with Gasteiger partial charge in [-0.3, -0.25) is 9.59 Å². The number of hydrogen-bond acceptors (Lipinski definition) is 4. The third-order valence-corrected chi connectivity index (χ3v) is 3.32. The van der Waals surface area contributed by atoms with Crippen LogP contribution in [0.15, 0.2) is 60.7 Å². The number of rotatable bonds is 7. The molecule has 0 fully saturated rings. The monoisotopic (exact) mass is 342 g/mol. The maximum Gasteiger partial charge on any atom is 0.305 e. The average Bonchev–Trinajstić information content (AvgIpc) is 2.63. The van der Waals surface area contributed by atoms with Crippen LogP contribution in [0.1, 0.15) is 31.4 Å². The second kappa shape index (κ2) is 12.8. The zero-order chi connectivity index (χ0) is 18.3. The first-order valence-electron chi connectivity index (χ1n) is 8.48. The number of carbonyl (C=O) groups is 2. The molecule has 0 radical (unpaired) electrons. The van der Waals surface area contributed by atoms with Crippen LogP contribution in [-0.4, -0.2) is 25.2 Å². The Kier molecular flexibility index (Phi) is 10.4. The topological polar surface area (TPSA) is 52.6 Å². The molecule has 0 saturated heterocycles. The van der Waals surface area contributed by atoms with E-state index in [1.54, 1.807) is 6.92 Å². The molecular weight excluding hydrogens is 316 g/mol. The lowest BCUT2D eigenvalue weighted by Crippen LogP contribution is -2.05. The highest BCUT2D eigenvalue weighted by molar-refractivity contribution is 5.68. The molecule has 0 atom stereocenters. The predicted octanol–water partition coefficient (Wildman–Crippen LogP) is 3.97. The standard InChI is InChI=1S/C11H14O2.C10H12O2/c1-2-11(12)13-9-8-10-6-4-3-5-7-10;1-9(11)12-8-7-10-5-3-2-4-6-10/h3-7H,2,8-9H2,1H3;2-6H,7-8H2,1H3. The molecule has 0 aromatic heterocycles. The van der Waals surface area contributed by atoms with Crippen molar-refractivity contribution < 1.29 is 19.1 Å². The molecule has 4 heteroatoms. The van der Waals surface area contributed by atoms with E-state index in [0.717, 1.165) is 12.8 Å². The van der Waals surface area contributed by atoms with E-state index in [1.165, 1.54) is 18.1 Å². The molecule has 0 aliphatic heterocycles. The van der Waals surface area contributed by atoms with Gasteiger partial charge in [-0.05, 0) is 11.1 Å². The van der Waals surface area contributed by atoms with Gasteiger partial charge in [0.2, 0.25) is 0 Å². The van der Waals surface area contributed by atoms with Crippen molar-refractivity contribution in [2.45, 2.75) is 33.1 Å². The van der Waals surface area contributed by atoms with E-state index in [2.05, 4.69) is 0 Å². The van der Waals surface area contributed by atoms with E-state index >= 15 is 0 Å². The summed E-state index contributed by atoms with van der Waals surface area (Å²) in [4.78, 5) is 21.2. The first-order valence-corrected chi connectivity index (χ1v) is 8.48. The van der Waals surface area contributed by atoms with Crippen molar-refractivity contribution in [1.29, 1.82) is 0 Å². The van der Waals surface area contributed by atoms with Crippen LogP contribution in [-0.2, 0) is 31.9 Å². The van der Waals surface area contributed by atoms with Gasteiger partial charge >= 0.3 is 11.9 Å². The Bertz CT molecular complexity index is 608. The fourth-order valence-electron chi connectivity index (χ4n) is 1.99. The molecule has 0 amide bonds. The summed E-state index contributed by atoms with van der Waals surface area (Å²) < 4.78 is 9.76. The zero-order valence-corrected chi connectivity index (χ0v) is 14.9. The summed E-state index contributed by atoms with van der Waals surface area (Å²) in [7, 11) is 0. The summed E-state index contributed by atoms with van der Waals surface area (Å²) in [6, 6.07) is 19.9. The quantitative estimate of drug-likeness (QED) is 0.714. The van der Waals surface area contributed by atoms with Crippen molar-refractivity contribution in [3.05, 3.63) is 71.8 Å². The molecule has 0 aliphatic rings. The van der Waals surface area contributed by atoms with Crippen molar-refractivity contribution >= 4 is 11.9 Å². The molecule has 0 saturated carbocycles. The van der Waals surface area contributed by atoms with Crippen LogP contribution in [0, 0.1) is 0 Å². The molecule has 0 aliphatic carbocycles. The van der Waals surface area contributed by atoms with Crippen LogP contribution in [0.4, 0.5) is 0 Å². The predicted molar refractivity (Wildman–Crippen MR) is 98.2 cm³/mol. The molecule has 0 heterocycles. The highest BCUT2D eigenvalue weighted by Crippen LogP contribution is 2.00. The fourth-order valence-corrected chi connectivity index (χ4v) is 1.99. The first-order chi connectivity index (χ1) is 12.1. The maximum absolute atomic E-state index is 10.8. The summed E-state index contributed by atoms with van der Waals surface area (Å²) >= 11 is 0. The van der Waals surface area contributed by atoms with Crippen LogP contribution in [0.5, 0.6) is 0 Å². The average molecular weight is 342 g/mol. The molecule has 2 aromatic carbocycles. The Morgan fingerprint density at radius 2 is 1.20 bits per heavy atom. The van der Waals surface area contributed by atoms with Crippen LogP contribution < -0.4 is 0 Å². The lowest BCUT2D eigenvalue weighted by molar-refractivity contribution is -0.143. The zero-order valence-electron chi connectivity index (χ0n) is 14.9. The van der Waals surface area contributed by atoms with Crippen molar-refractivity contribution in [1.82, 2.24) is 0 Å². The smallest absolute Gasteiger partial charge is 0.305 e. The summed E-state index contributed by atoms with van der Waals surface area (Å²) in [6.45, 7) is 4.17. The number of carbonyl (C=O) groups excluding carboxylic acids is 2. The normalized spacial score (nSPS) is 9.52. The van der Waals surface area contributed by atoms with Crippen molar-refractivity contribution in [2.24, 2.45) is 0 Å². The van der Waals surface area contributed by atoms with Gasteiger partial charge < -0.3 is 9.47 Å². The fraction of sp³-hybridized carbons (Fsp3) is 0.333. The number of ether oxygens (including phenoxy) is 2. The van der Waals surface area contributed by atoms with E-state index < -0.39 is 0 Å². The second-order valence-corrected chi connectivity index (χ2v) is 5.39. The number of esters is 2. The largest absolute Gasteiger partial charge is 0.466 e. The SMILES string of the molecule is CC(=O)OCCc1ccccc1.CCC(=O)OCCc1ccccc1. The molecular formula is C21H26O4. The van der Waals surface area contributed by atoms with Crippen LogP contribution in [0.25, 0.3) is 0 Å². The van der Waals surface area contributed by atoms with Gasteiger partial charge in [-0.15, -0.1) is 0 Å². The van der Waals surface area contributed by atoms with Gasteiger partial charge in [0.25, 0.3) is 0 Å². The van der Waals surface area contributed by atoms with Crippen molar-refractivity contribution in [3.8, 4) is 0 Å². The molecule has 0 bridgehead atoms. The van der Waals surface area contributed by atoms with Crippen molar-refractivity contribution in [2.75, 3.05) is 13.2 Å². The first kappa shape index (κ1) is 20.4. The second-order valence-electron chi connectivity index (χ2n) is 5.39. The maximum atomic E-state index is 10.8. The van der Waals surface area contributed by atoms with Gasteiger partial charge in [0, 0.05) is 26.2 Å². The summed E-state index contributed by atoms with van der Waals surface area (Å²) in [5, 5.41) is 0. The molecule has 2 rings (SSSR count).